The fourth-order valence-corrected chi connectivity index (χ4v) is 3.26. The van der Waals surface area contributed by atoms with Gasteiger partial charge in [0.05, 0.1) is 0 Å². The summed E-state index contributed by atoms with van der Waals surface area (Å²) < 4.78 is 0. The minimum absolute atomic E-state index is 0.00677. The van der Waals surface area contributed by atoms with Gasteiger partial charge >= 0.3 is 6.03 Å². The molecule has 1 aliphatic carbocycles. The van der Waals surface area contributed by atoms with E-state index in [1.807, 2.05) is 6.92 Å². The Balaban J connectivity index is 1.94. The third-order valence-electron chi connectivity index (χ3n) is 4.15. The third-order valence-corrected chi connectivity index (χ3v) is 4.15. The first kappa shape index (κ1) is 11.7. The van der Waals surface area contributed by atoms with Crippen molar-refractivity contribution in [2.75, 3.05) is 19.6 Å². The van der Waals surface area contributed by atoms with Gasteiger partial charge in [0.25, 0.3) is 0 Å². The van der Waals surface area contributed by atoms with Crippen LogP contribution in [0, 0.1) is 5.41 Å². The van der Waals surface area contributed by atoms with E-state index in [9.17, 15) is 4.79 Å². The second kappa shape index (κ2) is 5.04. The van der Waals surface area contributed by atoms with Gasteiger partial charge in [-0.1, -0.05) is 6.42 Å². The summed E-state index contributed by atoms with van der Waals surface area (Å²) in [4.78, 5) is 11.6. The van der Waals surface area contributed by atoms with Gasteiger partial charge in [-0.3, -0.25) is 0 Å². The van der Waals surface area contributed by atoms with Gasteiger partial charge < -0.3 is 16.0 Å². The van der Waals surface area contributed by atoms with Gasteiger partial charge in [-0.05, 0) is 51.1 Å². The molecule has 4 heteroatoms. The van der Waals surface area contributed by atoms with Gasteiger partial charge in [-0.15, -0.1) is 0 Å². The van der Waals surface area contributed by atoms with Gasteiger partial charge in [0.1, 0.15) is 0 Å². The molecule has 2 amide bonds. The lowest BCUT2D eigenvalue weighted by molar-refractivity contribution is 0.160. The Morgan fingerprint density at radius 2 is 2.12 bits per heavy atom. The molecular weight excluding hydrogens is 202 g/mol. The highest BCUT2D eigenvalue weighted by Gasteiger charge is 2.43. The summed E-state index contributed by atoms with van der Waals surface area (Å²) in [5.74, 6) is 0. The van der Waals surface area contributed by atoms with Crippen LogP contribution in [0.1, 0.15) is 39.0 Å². The summed E-state index contributed by atoms with van der Waals surface area (Å²) in [5.41, 5.74) is 0.385. The van der Waals surface area contributed by atoms with E-state index in [1.54, 1.807) is 0 Å². The Hall–Kier alpha value is -0.770. The molecule has 1 saturated heterocycles. The molecule has 3 N–H and O–H groups in total. The molecule has 92 valence electrons. The lowest BCUT2D eigenvalue weighted by Gasteiger charge is -2.39. The summed E-state index contributed by atoms with van der Waals surface area (Å²) in [5, 5.41) is 9.40. The maximum atomic E-state index is 11.6. The first-order valence-electron chi connectivity index (χ1n) is 6.52. The molecule has 0 aromatic rings. The van der Waals surface area contributed by atoms with E-state index in [0.717, 1.165) is 19.5 Å². The topological polar surface area (TPSA) is 53.2 Å². The number of rotatable bonds is 2. The Labute approximate surface area is 97.6 Å². The third kappa shape index (κ3) is 2.32. The van der Waals surface area contributed by atoms with Gasteiger partial charge in [-0.25, -0.2) is 4.79 Å². The van der Waals surface area contributed by atoms with E-state index in [0.29, 0.717) is 18.0 Å². The van der Waals surface area contributed by atoms with Crippen molar-refractivity contribution < 1.29 is 4.79 Å². The van der Waals surface area contributed by atoms with Crippen molar-refractivity contribution in [3.63, 3.8) is 0 Å². The number of amides is 2. The molecule has 1 atom stereocenters. The number of carbonyl (C=O) groups excluding carboxylic acids is 1. The van der Waals surface area contributed by atoms with Gasteiger partial charge in [0.2, 0.25) is 0 Å². The predicted molar refractivity (Wildman–Crippen MR) is 64.4 cm³/mol. The summed E-state index contributed by atoms with van der Waals surface area (Å²) in [6.45, 7) is 4.86. The molecule has 4 nitrogen and oxygen atoms in total. The second-order valence-electron chi connectivity index (χ2n) is 5.06. The Bertz CT molecular complexity index is 249. The highest BCUT2D eigenvalue weighted by atomic mass is 16.2. The zero-order valence-electron chi connectivity index (χ0n) is 10.1. The van der Waals surface area contributed by atoms with Crippen molar-refractivity contribution in [2.24, 2.45) is 5.41 Å². The molecule has 1 saturated carbocycles. The average Bonchev–Trinajstić information content (AvgIpc) is 2.63. The maximum absolute atomic E-state index is 11.6. The number of nitrogens with one attached hydrogen (secondary N) is 3. The monoisotopic (exact) mass is 225 g/mol. The summed E-state index contributed by atoms with van der Waals surface area (Å²) >= 11 is 0. The quantitative estimate of drug-likeness (QED) is 0.662. The first-order valence-corrected chi connectivity index (χ1v) is 6.52. The van der Waals surface area contributed by atoms with Crippen LogP contribution >= 0.6 is 0 Å². The molecule has 1 spiro atoms. The molecule has 0 aromatic carbocycles. The number of hydrogen-bond donors (Lipinski definition) is 3. The van der Waals surface area contributed by atoms with E-state index in [1.165, 1.54) is 25.7 Å². The number of carbonyl (C=O) groups is 1. The number of piperidine rings is 1. The molecule has 0 bridgehead atoms. The maximum Gasteiger partial charge on any atom is 0.315 e. The van der Waals surface area contributed by atoms with E-state index >= 15 is 0 Å². The van der Waals surface area contributed by atoms with E-state index < -0.39 is 0 Å². The van der Waals surface area contributed by atoms with Crippen molar-refractivity contribution in [3.05, 3.63) is 0 Å². The summed E-state index contributed by atoms with van der Waals surface area (Å²) in [6.07, 6.45) is 6.12. The van der Waals surface area contributed by atoms with Gasteiger partial charge in [0, 0.05) is 12.6 Å². The normalized spacial score (nSPS) is 27.9. The zero-order chi connectivity index (χ0) is 11.4. The van der Waals surface area contributed by atoms with Crippen molar-refractivity contribution in [2.45, 2.75) is 45.1 Å². The molecule has 2 rings (SSSR count). The van der Waals surface area contributed by atoms with Crippen molar-refractivity contribution in [1.82, 2.24) is 16.0 Å². The molecule has 1 aliphatic heterocycles. The van der Waals surface area contributed by atoms with Crippen LogP contribution in [0.4, 0.5) is 4.79 Å². The van der Waals surface area contributed by atoms with E-state index in [2.05, 4.69) is 16.0 Å². The van der Waals surface area contributed by atoms with Crippen molar-refractivity contribution in [3.8, 4) is 0 Å². The molecule has 1 heterocycles. The summed E-state index contributed by atoms with van der Waals surface area (Å²) in [7, 11) is 0. The van der Waals surface area contributed by atoms with Crippen LogP contribution in [0.2, 0.25) is 0 Å². The minimum atomic E-state index is 0.00677. The van der Waals surface area contributed by atoms with Crippen LogP contribution in [0.5, 0.6) is 0 Å². The molecule has 0 aromatic heterocycles. The SMILES string of the molecule is CCNC(=O)NC1CCCC12CCNCC2. The fourth-order valence-electron chi connectivity index (χ4n) is 3.26. The highest BCUT2D eigenvalue weighted by Crippen LogP contribution is 2.45. The Morgan fingerprint density at radius 3 is 2.81 bits per heavy atom. The van der Waals surface area contributed by atoms with Crippen molar-refractivity contribution >= 4 is 6.03 Å². The van der Waals surface area contributed by atoms with E-state index in [-0.39, 0.29) is 6.03 Å². The lowest BCUT2D eigenvalue weighted by Crippen LogP contribution is -2.51. The van der Waals surface area contributed by atoms with Crippen LogP contribution < -0.4 is 16.0 Å². The van der Waals surface area contributed by atoms with Crippen LogP contribution in [0.3, 0.4) is 0 Å². The minimum Gasteiger partial charge on any atom is -0.338 e. The molecule has 2 aliphatic rings. The lowest BCUT2D eigenvalue weighted by atomic mass is 9.74. The summed E-state index contributed by atoms with van der Waals surface area (Å²) in [6, 6.07) is 0.397. The standard InChI is InChI=1S/C12H23N3O/c1-2-14-11(16)15-10-4-3-5-12(10)6-8-13-9-7-12/h10,13H,2-9H2,1H3,(H2,14,15,16). The van der Waals surface area contributed by atoms with Crippen LogP contribution in [0.15, 0.2) is 0 Å². The predicted octanol–water partition coefficient (Wildman–Crippen LogP) is 1.23. The highest BCUT2D eigenvalue weighted by molar-refractivity contribution is 5.74. The largest absolute Gasteiger partial charge is 0.338 e. The molecule has 2 fully saturated rings. The Kier molecular flexibility index (Phi) is 3.69. The average molecular weight is 225 g/mol. The van der Waals surface area contributed by atoms with Crippen molar-refractivity contribution in [1.29, 1.82) is 0 Å². The van der Waals surface area contributed by atoms with Crippen LogP contribution in [-0.4, -0.2) is 31.7 Å². The van der Waals surface area contributed by atoms with Gasteiger partial charge in [-0.2, -0.15) is 0 Å². The second-order valence-corrected chi connectivity index (χ2v) is 5.06. The first-order chi connectivity index (χ1) is 7.77. The fraction of sp³-hybridized carbons (Fsp3) is 0.917. The number of urea groups is 1. The van der Waals surface area contributed by atoms with Crippen LogP contribution in [0.25, 0.3) is 0 Å². The molecule has 1 unspecified atom stereocenters. The number of hydrogen-bond acceptors (Lipinski definition) is 2. The molecular formula is C12H23N3O. The molecule has 16 heavy (non-hydrogen) atoms. The van der Waals surface area contributed by atoms with E-state index in [4.69, 9.17) is 0 Å². The smallest absolute Gasteiger partial charge is 0.315 e. The van der Waals surface area contributed by atoms with Crippen LogP contribution in [-0.2, 0) is 0 Å². The van der Waals surface area contributed by atoms with Gasteiger partial charge in [0.15, 0.2) is 0 Å². The Morgan fingerprint density at radius 1 is 1.38 bits per heavy atom. The molecule has 0 radical (unpaired) electrons. The zero-order valence-corrected chi connectivity index (χ0v) is 10.1.